The molecule has 0 aliphatic heterocycles. The zero-order valence-corrected chi connectivity index (χ0v) is 7.97. The first-order valence-electron chi connectivity index (χ1n) is 3.01. The molecule has 0 spiro atoms. The summed E-state index contributed by atoms with van der Waals surface area (Å²) in [6, 6.07) is 0. The van der Waals surface area contributed by atoms with Gasteiger partial charge in [-0.15, -0.1) is 12.4 Å². The molecule has 0 aromatic carbocycles. The van der Waals surface area contributed by atoms with Crippen molar-refractivity contribution in [3.05, 3.63) is 0 Å². The molecule has 0 aromatic rings. The molecule has 2 nitrogen and oxygen atoms in total. The van der Waals surface area contributed by atoms with Crippen LogP contribution in [0.25, 0.3) is 0 Å². The molecule has 4 heteroatoms. The van der Waals surface area contributed by atoms with Crippen LogP contribution in [0, 0.1) is 0 Å². The van der Waals surface area contributed by atoms with E-state index >= 15 is 0 Å². The van der Waals surface area contributed by atoms with Crippen LogP contribution >= 0.6 is 24.0 Å². The van der Waals surface area contributed by atoms with Gasteiger partial charge in [-0.05, 0) is 24.6 Å². The van der Waals surface area contributed by atoms with Gasteiger partial charge in [0.25, 0.3) is 0 Å². The highest BCUT2D eigenvalue weighted by atomic mass is 35.5. The summed E-state index contributed by atoms with van der Waals surface area (Å²) in [7, 11) is 0. The largest absolute Gasteiger partial charge is 0.330 e. The highest BCUT2D eigenvalue weighted by molar-refractivity contribution is 6.62. The molecule has 0 fully saturated rings. The second-order valence-corrected chi connectivity index (χ2v) is 2.14. The van der Waals surface area contributed by atoms with Gasteiger partial charge in [0.1, 0.15) is 0 Å². The molecule has 0 amide bonds. The Kier molecular flexibility index (Phi) is 26.8. The first-order chi connectivity index (χ1) is 4.15. The fraction of sp³-hybridized carbons (Fsp3) is 0.833. The van der Waals surface area contributed by atoms with Gasteiger partial charge in [-0.1, -0.05) is 13.3 Å². The molecule has 0 bridgehead atoms. The van der Waals surface area contributed by atoms with Crippen LogP contribution in [-0.2, 0) is 4.79 Å². The summed E-state index contributed by atoms with van der Waals surface area (Å²) in [6.45, 7) is 4.27. The van der Waals surface area contributed by atoms with E-state index in [2.05, 4.69) is 18.5 Å². The Bertz CT molecular complexity index is 62.8. The Morgan fingerprint density at radius 3 is 1.90 bits per heavy atom. The van der Waals surface area contributed by atoms with Gasteiger partial charge in [-0.25, -0.2) is 0 Å². The van der Waals surface area contributed by atoms with Gasteiger partial charge in [0.05, 0.1) is 0 Å². The molecule has 0 unspecified atom stereocenters. The number of rotatable bonds is 2. The Hall–Kier alpha value is 0.210. The van der Waals surface area contributed by atoms with Crippen molar-refractivity contribution in [2.24, 2.45) is 5.73 Å². The van der Waals surface area contributed by atoms with Gasteiger partial charge in [-0.3, -0.25) is 4.79 Å². The highest BCUT2D eigenvalue weighted by Crippen LogP contribution is 1.77. The van der Waals surface area contributed by atoms with E-state index in [-0.39, 0.29) is 17.6 Å². The predicted molar refractivity (Wildman–Crippen MR) is 47.7 cm³/mol. The Labute approximate surface area is 73.5 Å². The number of halogens is 2. The Morgan fingerprint density at radius 1 is 1.60 bits per heavy atom. The lowest BCUT2D eigenvalue weighted by Gasteiger charge is -1.80. The number of carbonyl (C=O) groups excluding carboxylic acids is 1. The minimum Gasteiger partial charge on any atom is -0.330 e. The van der Waals surface area contributed by atoms with E-state index in [0.717, 1.165) is 6.54 Å². The monoisotopic (exact) mass is 187 g/mol. The van der Waals surface area contributed by atoms with E-state index < -0.39 is 0 Å². The average molecular weight is 188 g/mol. The average Bonchev–Trinajstić information content (AvgIpc) is 1.66. The van der Waals surface area contributed by atoms with Crippen LogP contribution in [0.4, 0.5) is 0 Å². The molecular formula is C6H15Cl2NO. The molecule has 0 radical (unpaired) electrons. The normalized spacial score (nSPS) is 6.80. The van der Waals surface area contributed by atoms with Crippen LogP contribution in [0.5, 0.6) is 0 Å². The van der Waals surface area contributed by atoms with Crippen LogP contribution in [0.15, 0.2) is 0 Å². The maximum atomic E-state index is 9.21. The predicted octanol–water partition coefficient (Wildman–Crippen LogP) is 1.94. The SMILES string of the molecule is CC(=O)Cl.CCCCN.Cl. The van der Waals surface area contributed by atoms with Gasteiger partial charge in [0, 0.05) is 6.92 Å². The second-order valence-electron chi connectivity index (χ2n) is 1.61. The maximum Gasteiger partial charge on any atom is 0.218 e. The standard InChI is InChI=1S/C4H11N.C2H3ClO.ClH/c1-2-3-4-5;1-2(3)4;/h2-5H2,1H3;1H3;1H. The van der Waals surface area contributed by atoms with E-state index in [1.54, 1.807) is 0 Å². The van der Waals surface area contributed by atoms with Crippen molar-refractivity contribution in [1.29, 1.82) is 0 Å². The maximum absolute atomic E-state index is 9.21. The first-order valence-corrected chi connectivity index (χ1v) is 3.39. The van der Waals surface area contributed by atoms with E-state index in [4.69, 9.17) is 5.73 Å². The van der Waals surface area contributed by atoms with E-state index in [1.807, 2.05) is 0 Å². The molecule has 2 N–H and O–H groups in total. The molecule has 10 heavy (non-hydrogen) atoms. The van der Waals surface area contributed by atoms with Crippen LogP contribution < -0.4 is 5.73 Å². The van der Waals surface area contributed by atoms with Crippen LogP contribution in [0.2, 0.25) is 0 Å². The fourth-order valence-corrected chi connectivity index (χ4v) is 0.204. The second kappa shape index (κ2) is 16.1. The third-order valence-corrected chi connectivity index (χ3v) is 0.558. The van der Waals surface area contributed by atoms with Crippen molar-refractivity contribution in [2.45, 2.75) is 26.7 Å². The zero-order chi connectivity index (χ0) is 7.70. The topological polar surface area (TPSA) is 43.1 Å². The Morgan fingerprint density at radius 2 is 1.90 bits per heavy atom. The number of hydrogen-bond donors (Lipinski definition) is 1. The highest BCUT2D eigenvalue weighted by Gasteiger charge is 1.68. The van der Waals surface area contributed by atoms with E-state index in [9.17, 15) is 4.79 Å². The smallest absolute Gasteiger partial charge is 0.218 e. The summed E-state index contributed by atoms with van der Waals surface area (Å²) in [6.07, 6.45) is 2.39. The number of unbranched alkanes of at least 4 members (excludes halogenated alkanes) is 1. The van der Waals surface area contributed by atoms with Crippen molar-refractivity contribution >= 4 is 29.3 Å². The summed E-state index contributed by atoms with van der Waals surface area (Å²) in [5.41, 5.74) is 5.14. The minimum atomic E-state index is -0.361. The zero-order valence-electron chi connectivity index (χ0n) is 6.39. The number of hydrogen-bond acceptors (Lipinski definition) is 2. The lowest BCUT2D eigenvalue weighted by atomic mass is 10.3. The molecule has 64 valence electrons. The molecular weight excluding hydrogens is 173 g/mol. The van der Waals surface area contributed by atoms with Crippen molar-refractivity contribution < 1.29 is 4.79 Å². The van der Waals surface area contributed by atoms with Crippen LogP contribution in [0.3, 0.4) is 0 Å². The third-order valence-electron chi connectivity index (χ3n) is 0.558. The lowest BCUT2D eigenvalue weighted by molar-refractivity contribution is -0.109. The molecule has 0 heterocycles. The Balaban J connectivity index is -0.0000000910. The molecule has 0 saturated carbocycles. The fourth-order valence-electron chi connectivity index (χ4n) is 0.204. The summed E-state index contributed by atoms with van der Waals surface area (Å²) in [5.74, 6) is 0. The molecule has 0 rings (SSSR count). The summed E-state index contributed by atoms with van der Waals surface area (Å²) in [5, 5.41) is -0.361. The minimum absolute atomic E-state index is 0. The molecule has 0 aliphatic carbocycles. The van der Waals surface area contributed by atoms with Crippen molar-refractivity contribution in [3.63, 3.8) is 0 Å². The van der Waals surface area contributed by atoms with Crippen LogP contribution in [0.1, 0.15) is 26.7 Å². The summed E-state index contributed by atoms with van der Waals surface area (Å²) < 4.78 is 0. The van der Waals surface area contributed by atoms with E-state index in [1.165, 1.54) is 19.8 Å². The van der Waals surface area contributed by atoms with Gasteiger partial charge in [0.15, 0.2) is 0 Å². The van der Waals surface area contributed by atoms with Crippen LogP contribution in [-0.4, -0.2) is 11.8 Å². The number of nitrogens with two attached hydrogens (primary N) is 1. The van der Waals surface area contributed by atoms with Gasteiger partial charge >= 0.3 is 0 Å². The summed E-state index contributed by atoms with van der Waals surface area (Å²) >= 11 is 4.64. The number of carbonyl (C=O) groups is 1. The van der Waals surface area contributed by atoms with E-state index in [0.29, 0.717) is 0 Å². The lowest BCUT2D eigenvalue weighted by Crippen LogP contribution is -1.95. The van der Waals surface area contributed by atoms with Crippen molar-refractivity contribution in [3.8, 4) is 0 Å². The molecule has 0 saturated heterocycles. The molecule has 0 atom stereocenters. The van der Waals surface area contributed by atoms with Crippen molar-refractivity contribution in [2.75, 3.05) is 6.54 Å². The van der Waals surface area contributed by atoms with Gasteiger partial charge < -0.3 is 5.73 Å². The van der Waals surface area contributed by atoms with Gasteiger partial charge in [0.2, 0.25) is 5.24 Å². The van der Waals surface area contributed by atoms with Crippen molar-refractivity contribution in [1.82, 2.24) is 0 Å². The quantitative estimate of drug-likeness (QED) is 0.673. The van der Waals surface area contributed by atoms with Gasteiger partial charge in [-0.2, -0.15) is 0 Å². The molecule has 0 aromatic heterocycles. The molecule has 0 aliphatic rings. The summed E-state index contributed by atoms with van der Waals surface area (Å²) in [4.78, 5) is 9.21. The first kappa shape index (κ1) is 16.7. The third kappa shape index (κ3) is 87.4.